The van der Waals surface area contributed by atoms with Crippen LogP contribution in [0.3, 0.4) is 0 Å². The molecule has 0 saturated carbocycles. The van der Waals surface area contributed by atoms with Crippen LogP contribution in [0.15, 0.2) is 28.7 Å². The lowest BCUT2D eigenvalue weighted by Gasteiger charge is -2.23. The van der Waals surface area contributed by atoms with Crippen molar-refractivity contribution in [1.29, 1.82) is 0 Å². The molecule has 0 unspecified atom stereocenters. The van der Waals surface area contributed by atoms with Gasteiger partial charge in [0.2, 0.25) is 11.8 Å². The fourth-order valence-electron chi connectivity index (χ4n) is 3.76. The van der Waals surface area contributed by atoms with E-state index in [9.17, 15) is 22.8 Å². The molecular weight excluding hydrogens is 479 g/mol. The number of carbonyl (C=O) groups is 2. The minimum absolute atomic E-state index is 0.0376. The maximum Gasteiger partial charge on any atom is 0.433 e. The molecular formula is C24H28F3N5O4. The highest BCUT2D eigenvalue weighted by Gasteiger charge is 2.33. The Kier molecular flexibility index (Phi) is 7.87. The minimum Gasteiger partial charge on any atom is -0.494 e. The Balaban J connectivity index is 2.06. The van der Waals surface area contributed by atoms with Crippen LogP contribution in [-0.4, -0.2) is 52.9 Å². The average Bonchev–Trinajstić information content (AvgIpc) is 3.29. The molecule has 3 aromatic rings. The number of ether oxygens (including phenoxy) is 1. The first-order valence-corrected chi connectivity index (χ1v) is 11.3. The third kappa shape index (κ3) is 5.27. The Labute approximate surface area is 205 Å². The number of aromatic nitrogens is 2. The predicted octanol–water partition coefficient (Wildman–Crippen LogP) is 3.92. The third-order valence-corrected chi connectivity index (χ3v) is 5.64. The quantitative estimate of drug-likeness (QED) is 0.474. The number of halogens is 3. The first-order chi connectivity index (χ1) is 16.9. The molecule has 0 aliphatic heterocycles. The second kappa shape index (κ2) is 10.5. The van der Waals surface area contributed by atoms with Gasteiger partial charge in [-0.2, -0.15) is 13.2 Å². The summed E-state index contributed by atoms with van der Waals surface area (Å²) in [6.45, 7) is 7.80. The molecule has 0 aliphatic carbocycles. The first-order valence-electron chi connectivity index (χ1n) is 11.3. The Morgan fingerprint density at radius 2 is 1.81 bits per heavy atom. The number of oxazole rings is 1. The topological polar surface area (TPSA) is 124 Å². The van der Waals surface area contributed by atoms with Gasteiger partial charge in [-0.1, -0.05) is 0 Å². The van der Waals surface area contributed by atoms with Crippen LogP contribution in [0.4, 0.5) is 13.2 Å². The van der Waals surface area contributed by atoms with E-state index in [4.69, 9.17) is 14.9 Å². The summed E-state index contributed by atoms with van der Waals surface area (Å²) in [5.74, 6) is -0.772. The van der Waals surface area contributed by atoms with Gasteiger partial charge in [-0.05, 0) is 52.0 Å². The van der Waals surface area contributed by atoms with Crippen molar-refractivity contribution in [1.82, 2.24) is 20.2 Å². The normalized spacial score (nSPS) is 13.4. The average molecular weight is 508 g/mol. The predicted molar refractivity (Wildman–Crippen MR) is 126 cm³/mol. The molecule has 2 amide bonds. The number of carbonyl (C=O) groups excluding carboxylic acids is 2. The number of nitrogens with zero attached hydrogens (tertiary/aromatic N) is 3. The van der Waals surface area contributed by atoms with Crippen molar-refractivity contribution >= 4 is 22.7 Å². The van der Waals surface area contributed by atoms with E-state index in [1.54, 1.807) is 24.8 Å². The summed E-state index contributed by atoms with van der Waals surface area (Å²) in [6.07, 6.45) is -4.65. The zero-order chi connectivity index (χ0) is 26.8. The highest BCUT2D eigenvalue weighted by atomic mass is 19.4. The van der Waals surface area contributed by atoms with Gasteiger partial charge >= 0.3 is 6.18 Å². The molecule has 0 bridgehead atoms. The van der Waals surface area contributed by atoms with Crippen LogP contribution in [0.1, 0.15) is 55.7 Å². The van der Waals surface area contributed by atoms with Crippen molar-refractivity contribution in [3.8, 4) is 17.2 Å². The van der Waals surface area contributed by atoms with Crippen LogP contribution in [0, 0.1) is 0 Å². The summed E-state index contributed by atoms with van der Waals surface area (Å²) in [6, 6.07) is 3.50. The summed E-state index contributed by atoms with van der Waals surface area (Å²) >= 11 is 0. The van der Waals surface area contributed by atoms with Gasteiger partial charge in [0.1, 0.15) is 23.0 Å². The number of fused-ring (bicyclic) bond motifs is 1. The van der Waals surface area contributed by atoms with Gasteiger partial charge in [-0.25, -0.2) is 9.97 Å². The van der Waals surface area contributed by atoms with Crippen LogP contribution in [0.5, 0.6) is 5.75 Å². The van der Waals surface area contributed by atoms with E-state index < -0.39 is 29.9 Å². The Morgan fingerprint density at radius 3 is 2.36 bits per heavy atom. The lowest BCUT2D eigenvalue weighted by molar-refractivity contribution is -0.141. The molecule has 0 saturated heterocycles. The number of hydrogen-bond acceptors (Lipinski definition) is 7. The minimum atomic E-state index is -4.65. The van der Waals surface area contributed by atoms with E-state index in [1.807, 2.05) is 13.8 Å². The maximum absolute atomic E-state index is 13.2. The highest BCUT2D eigenvalue weighted by Crippen LogP contribution is 2.37. The molecule has 2 atom stereocenters. The summed E-state index contributed by atoms with van der Waals surface area (Å²) in [4.78, 5) is 35.2. The van der Waals surface area contributed by atoms with Gasteiger partial charge < -0.3 is 25.1 Å². The number of pyridine rings is 1. The van der Waals surface area contributed by atoms with E-state index in [0.717, 1.165) is 6.07 Å². The zero-order valence-corrected chi connectivity index (χ0v) is 20.6. The number of alkyl halides is 3. The van der Waals surface area contributed by atoms with Gasteiger partial charge in [0.15, 0.2) is 11.5 Å². The maximum atomic E-state index is 13.2. The molecule has 2 heterocycles. The molecule has 0 spiro atoms. The molecule has 3 rings (SSSR count). The Hall–Kier alpha value is -3.67. The van der Waals surface area contributed by atoms with Crippen LogP contribution in [0.2, 0.25) is 0 Å². The van der Waals surface area contributed by atoms with Gasteiger partial charge in [0, 0.05) is 24.0 Å². The Bertz CT molecular complexity index is 1270. The van der Waals surface area contributed by atoms with E-state index in [-0.39, 0.29) is 39.9 Å². The fraction of sp³-hybridized carbons (Fsp3) is 0.417. The summed E-state index contributed by atoms with van der Waals surface area (Å²) in [7, 11) is 1.32. The lowest BCUT2D eigenvalue weighted by Crippen LogP contribution is -2.47. The summed E-state index contributed by atoms with van der Waals surface area (Å²) in [5, 5.41) is 2.89. The number of rotatable bonds is 8. The summed E-state index contributed by atoms with van der Waals surface area (Å²) in [5.41, 5.74) is 5.05. The SMILES string of the molecule is CCN(CC)C(=O)[C@@H](C)NC(=O)c1nc(-c2ccc(OC)c3nc(C(F)(F)F)ccc23)oc1[C@H](C)N. The highest BCUT2D eigenvalue weighted by molar-refractivity contribution is 5.99. The standard InChI is InChI=1S/C24H28F3N5O4/c1-6-32(7-2)23(34)13(4)29-21(33)19-20(12(3)28)36-22(31-19)15-8-10-16(35-5)18-14(15)9-11-17(30-18)24(25,26)27/h8-13H,6-7,28H2,1-5H3,(H,29,33)/t12-,13+/m0/s1. The molecule has 3 N–H and O–H groups in total. The van der Waals surface area contributed by atoms with E-state index in [2.05, 4.69) is 15.3 Å². The van der Waals surface area contributed by atoms with Crippen molar-refractivity contribution in [2.24, 2.45) is 5.73 Å². The molecule has 36 heavy (non-hydrogen) atoms. The van der Waals surface area contributed by atoms with Crippen LogP contribution in [-0.2, 0) is 11.0 Å². The van der Waals surface area contributed by atoms with Crippen LogP contribution >= 0.6 is 0 Å². The molecule has 12 heteroatoms. The Morgan fingerprint density at radius 1 is 1.14 bits per heavy atom. The third-order valence-electron chi connectivity index (χ3n) is 5.64. The zero-order valence-electron chi connectivity index (χ0n) is 20.6. The number of benzene rings is 1. The second-order valence-corrected chi connectivity index (χ2v) is 8.13. The largest absolute Gasteiger partial charge is 0.494 e. The van der Waals surface area contributed by atoms with Crippen molar-refractivity contribution in [2.45, 2.75) is 46.0 Å². The number of hydrogen-bond donors (Lipinski definition) is 2. The van der Waals surface area contributed by atoms with Crippen molar-refractivity contribution in [2.75, 3.05) is 20.2 Å². The van der Waals surface area contributed by atoms with E-state index in [0.29, 0.717) is 18.7 Å². The van der Waals surface area contributed by atoms with E-state index in [1.165, 1.54) is 19.2 Å². The number of nitrogens with one attached hydrogen (secondary N) is 1. The summed E-state index contributed by atoms with van der Waals surface area (Å²) < 4.78 is 50.7. The molecule has 0 fully saturated rings. The number of likely N-dealkylation sites (N-methyl/N-ethyl adjacent to an activating group) is 1. The first kappa shape index (κ1) is 26.9. The van der Waals surface area contributed by atoms with Crippen LogP contribution in [0.25, 0.3) is 22.4 Å². The number of amides is 2. The second-order valence-electron chi connectivity index (χ2n) is 8.13. The molecule has 0 radical (unpaired) electrons. The van der Waals surface area contributed by atoms with Gasteiger partial charge in [-0.15, -0.1) is 0 Å². The number of nitrogens with two attached hydrogens (primary N) is 1. The van der Waals surface area contributed by atoms with Crippen molar-refractivity contribution < 1.29 is 31.9 Å². The monoisotopic (exact) mass is 507 g/mol. The van der Waals surface area contributed by atoms with Crippen LogP contribution < -0.4 is 15.8 Å². The molecule has 1 aromatic carbocycles. The number of methoxy groups -OCH3 is 1. The van der Waals surface area contributed by atoms with Gasteiger partial charge in [0.05, 0.1) is 13.2 Å². The molecule has 2 aromatic heterocycles. The lowest BCUT2D eigenvalue weighted by atomic mass is 10.1. The van der Waals surface area contributed by atoms with Crippen molar-refractivity contribution in [3.05, 3.63) is 41.4 Å². The molecule has 0 aliphatic rings. The van der Waals surface area contributed by atoms with Gasteiger partial charge in [-0.3, -0.25) is 9.59 Å². The fourth-order valence-corrected chi connectivity index (χ4v) is 3.76. The van der Waals surface area contributed by atoms with E-state index >= 15 is 0 Å². The van der Waals surface area contributed by atoms with Crippen molar-refractivity contribution in [3.63, 3.8) is 0 Å². The molecule has 194 valence electrons. The molecule has 9 nitrogen and oxygen atoms in total. The van der Waals surface area contributed by atoms with Gasteiger partial charge in [0.25, 0.3) is 5.91 Å². The smallest absolute Gasteiger partial charge is 0.433 e.